The molecule has 0 aliphatic carbocycles. The van der Waals surface area contributed by atoms with Crippen molar-refractivity contribution in [3.05, 3.63) is 0 Å². The molecule has 0 radical (unpaired) electrons. The lowest BCUT2D eigenvalue weighted by Gasteiger charge is -2.31. The van der Waals surface area contributed by atoms with Gasteiger partial charge in [0.05, 0.1) is 13.5 Å². The summed E-state index contributed by atoms with van der Waals surface area (Å²) in [6.45, 7) is 7.65. The summed E-state index contributed by atoms with van der Waals surface area (Å²) in [6, 6.07) is -2.68. The molecule has 1 heterocycles. The highest BCUT2D eigenvalue weighted by Crippen LogP contribution is 2.20. The Morgan fingerprint density at radius 3 is 2.23 bits per heavy atom. The van der Waals surface area contributed by atoms with Gasteiger partial charge in [0, 0.05) is 13.0 Å². The minimum absolute atomic E-state index is 0.0832. The van der Waals surface area contributed by atoms with E-state index >= 15 is 0 Å². The number of nitrogens with zero attached hydrogens (tertiary/aromatic N) is 1. The quantitative estimate of drug-likeness (QED) is 0.400. The lowest BCUT2D eigenvalue weighted by atomic mass is 9.99. The van der Waals surface area contributed by atoms with E-state index < -0.39 is 47.8 Å². The summed E-state index contributed by atoms with van der Waals surface area (Å²) in [7, 11) is 1.23. The SMILES string of the molecule is COC(=O)CCC(=O)N[C@@H](CC(C)C)C(=O)N[C@H](C(=O)N1CCC[C@H]1C(=O)O)C(C)C. The van der Waals surface area contributed by atoms with Gasteiger partial charge in [-0.1, -0.05) is 27.7 Å². The zero-order valence-electron chi connectivity index (χ0n) is 19.0. The van der Waals surface area contributed by atoms with Gasteiger partial charge in [-0.25, -0.2) is 4.79 Å². The minimum atomic E-state index is -1.06. The summed E-state index contributed by atoms with van der Waals surface area (Å²) < 4.78 is 4.51. The first kappa shape index (κ1) is 26.4. The van der Waals surface area contributed by atoms with Crippen LogP contribution in [-0.2, 0) is 28.7 Å². The number of carboxylic acids is 1. The number of rotatable bonds is 11. The Morgan fingerprint density at radius 1 is 1.06 bits per heavy atom. The normalized spacial score (nSPS) is 17.9. The fourth-order valence-electron chi connectivity index (χ4n) is 3.52. The van der Waals surface area contributed by atoms with Crippen LogP contribution in [0.15, 0.2) is 0 Å². The van der Waals surface area contributed by atoms with Crippen molar-refractivity contribution in [2.24, 2.45) is 11.8 Å². The summed E-state index contributed by atoms with van der Waals surface area (Å²) >= 11 is 0. The first-order valence-corrected chi connectivity index (χ1v) is 10.7. The van der Waals surface area contributed by atoms with Crippen LogP contribution in [0.2, 0.25) is 0 Å². The fourth-order valence-corrected chi connectivity index (χ4v) is 3.52. The monoisotopic (exact) mass is 441 g/mol. The number of methoxy groups -OCH3 is 1. The van der Waals surface area contributed by atoms with E-state index in [1.54, 1.807) is 13.8 Å². The molecule has 1 rings (SSSR count). The second-order valence-corrected chi connectivity index (χ2v) is 8.58. The Morgan fingerprint density at radius 2 is 1.71 bits per heavy atom. The van der Waals surface area contributed by atoms with Gasteiger partial charge in [0.15, 0.2) is 0 Å². The van der Waals surface area contributed by atoms with Gasteiger partial charge in [-0.3, -0.25) is 19.2 Å². The molecule has 3 N–H and O–H groups in total. The average Bonchev–Trinajstić information content (AvgIpc) is 3.18. The first-order valence-electron chi connectivity index (χ1n) is 10.7. The number of aliphatic carboxylic acids is 1. The molecule has 0 aromatic rings. The molecule has 1 aliphatic rings. The standard InChI is InChI=1S/C21H35N3O7/c1-12(2)11-14(22-16(25)8-9-17(26)31-5)19(27)23-18(13(3)4)20(28)24-10-6-7-15(24)21(29)30/h12-15,18H,6-11H2,1-5H3,(H,22,25)(H,23,27)(H,29,30)/t14-,15-,18-/m0/s1. The molecule has 1 aliphatic heterocycles. The Kier molecular flexibility index (Phi) is 10.4. The molecule has 3 atom stereocenters. The summed E-state index contributed by atoms with van der Waals surface area (Å²) in [5, 5.41) is 14.7. The number of ether oxygens (including phenoxy) is 1. The summed E-state index contributed by atoms with van der Waals surface area (Å²) in [5.41, 5.74) is 0. The van der Waals surface area contributed by atoms with Gasteiger partial charge in [0.25, 0.3) is 0 Å². The van der Waals surface area contributed by atoms with Gasteiger partial charge >= 0.3 is 11.9 Å². The van der Waals surface area contributed by atoms with Crippen molar-refractivity contribution in [1.29, 1.82) is 0 Å². The second-order valence-electron chi connectivity index (χ2n) is 8.58. The van der Waals surface area contributed by atoms with E-state index in [1.165, 1.54) is 12.0 Å². The van der Waals surface area contributed by atoms with Crippen LogP contribution in [0, 0.1) is 11.8 Å². The third kappa shape index (κ3) is 8.18. The van der Waals surface area contributed by atoms with E-state index in [-0.39, 0.29) is 24.7 Å². The predicted octanol–water partition coefficient (Wildman–Crippen LogP) is 0.687. The van der Waals surface area contributed by atoms with E-state index in [1.807, 2.05) is 13.8 Å². The van der Waals surface area contributed by atoms with Crippen molar-refractivity contribution in [2.75, 3.05) is 13.7 Å². The number of carbonyl (C=O) groups is 5. The van der Waals surface area contributed by atoms with Crippen LogP contribution < -0.4 is 10.6 Å². The van der Waals surface area contributed by atoms with Crippen LogP contribution in [0.25, 0.3) is 0 Å². The Hall–Kier alpha value is -2.65. The predicted molar refractivity (Wildman–Crippen MR) is 112 cm³/mol. The highest BCUT2D eigenvalue weighted by atomic mass is 16.5. The average molecular weight is 442 g/mol. The lowest BCUT2D eigenvalue weighted by molar-refractivity contribution is -0.150. The van der Waals surface area contributed by atoms with E-state index in [0.29, 0.717) is 25.8 Å². The number of carbonyl (C=O) groups excluding carboxylic acids is 4. The number of esters is 1. The van der Waals surface area contributed by atoms with E-state index in [9.17, 15) is 29.1 Å². The van der Waals surface area contributed by atoms with Crippen molar-refractivity contribution in [1.82, 2.24) is 15.5 Å². The van der Waals surface area contributed by atoms with E-state index in [0.717, 1.165) is 0 Å². The Bertz CT molecular complexity index is 678. The number of amides is 3. The van der Waals surface area contributed by atoms with E-state index in [4.69, 9.17) is 0 Å². The molecule has 10 nitrogen and oxygen atoms in total. The maximum absolute atomic E-state index is 13.0. The molecular weight excluding hydrogens is 406 g/mol. The largest absolute Gasteiger partial charge is 0.480 e. The molecule has 0 spiro atoms. The third-order valence-corrected chi connectivity index (χ3v) is 5.19. The highest BCUT2D eigenvalue weighted by Gasteiger charge is 2.39. The molecular formula is C21H35N3O7. The van der Waals surface area contributed by atoms with Crippen LogP contribution in [0.1, 0.15) is 59.8 Å². The van der Waals surface area contributed by atoms with E-state index in [2.05, 4.69) is 15.4 Å². The Labute approximate surface area is 183 Å². The zero-order chi connectivity index (χ0) is 23.7. The van der Waals surface area contributed by atoms with Crippen LogP contribution in [0.5, 0.6) is 0 Å². The molecule has 1 fully saturated rings. The van der Waals surface area contributed by atoms with Crippen LogP contribution in [0.4, 0.5) is 0 Å². The maximum Gasteiger partial charge on any atom is 0.326 e. The first-order chi connectivity index (χ1) is 14.5. The number of hydrogen-bond donors (Lipinski definition) is 3. The number of hydrogen-bond acceptors (Lipinski definition) is 6. The molecule has 3 amide bonds. The molecule has 176 valence electrons. The number of likely N-dealkylation sites (tertiary alicyclic amines) is 1. The molecule has 0 aromatic heterocycles. The topological polar surface area (TPSA) is 142 Å². The second kappa shape index (κ2) is 12.3. The third-order valence-electron chi connectivity index (χ3n) is 5.19. The molecule has 0 bridgehead atoms. The number of nitrogens with one attached hydrogen (secondary N) is 2. The molecule has 0 aromatic carbocycles. The number of carboxylic acid groups (broad SMARTS) is 1. The minimum Gasteiger partial charge on any atom is -0.480 e. The van der Waals surface area contributed by atoms with Crippen molar-refractivity contribution in [3.8, 4) is 0 Å². The van der Waals surface area contributed by atoms with Gasteiger partial charge in [0.1, 0.15) is 18.1 Å². The van der Waals surface area contributed by atoms with Crippen molar-refractivity contribution < 1.29 is 33.8 Å². The van der Waals surface area contributed by atoms with Crippen molar-refractivity contribution in [3.63, 3.8) is 0 Å². The van der Waals surface area contributed by atoms with Gasteiger partial charge in [-0.15, -0.1) is 0 Å². The summed E-state index contributed by atoms with van der Waals surface area (Å²) in [4.78, 5) is 62.2. The van der Waals surface area contributed by atoms with Crippen LogP contribution >= 0.6 is 0 Å². The van der Waals surface area contributed by atoms with Gasteiger partial charge in [-0.2, -0.15) is 0 Å². The molecule has 0 saturated carbocycles. The summed E-state index contributed by atoms with van der Waals surface area (Å²) in [5.74, 6) is -3.20. The Balaban J connectivity index is 2.89. The summed E-state index contributed by atoms with van der Waals surface area (Å²) in [6.07, 6.45) is 1.10. The molecule has 0 unspecified atom stereocenters. The maximum atomic E-state index is 13.0. The molecule has 31 heavy (non-hydrogen) atoms. The highest BCUT2D eigenvalue weighted by molar-refractivity contribution is 5.94. The fraction of sp³-hybridized carbons (Fsp3) is 0.762. The van der Waals surface area contributed by atoms with Gasteiger partial charge < -0.3 is 25.4 Å². The van der Waals surface area contributed by atoms with Crippen LogP contribution in [0.3, 0.4) is 0 Å². The van der Waals surface area contributed by atoms with Gasteiger partial charge in [-0.05, 0) is 31.1 Å². The van der Waals surface area contributed by atoms with Crippen LogP contribution in [-0.4, -0.2) is 71.4 Å². The molecule has 10 heteroatoms. The zero-order valence-corrected chi connectivity index (χ0v) is 19.0. The van der Waals surface area contributed by atoms with Crippen molar-refractivity contribution >= 4 is 29.7 Å². The lowest BCUT2D eigenvalue weighted by Crippen LogP contribution is -2.57. The van der Waals surface area contributed by atoms with Crippen molar-refractivity contribution in [2.45, 2.75) is 77.9 Å². The molecule has 1 saturated heterocycles. The smallest absolute Gasteiger partial charge is 0.326 e. The van der Waals surface area contributed by atoms with Gasteiger partial charge in [0.2, 0.25) is 17.7 Å².